The van der Waals surface area contributed by atoms with Crippen LogP contribution in [0.3, 0.4) is 0 Å². The summed E-state index contributed by atoms with van der Waals surface area (Å²) in [5, 5.41) is 3.58. The van der Waals surface area contributed by atoms with E-state index in [4.69, 9.17) is 16.6 Å². The maximum atomic E-state index is 13.8. The maximum absolute atomic E-state index is 13.8. The van der Waals surface area contributed by atoms with Crippen LogP contribution in [0.15, 0.2) is 89.7 Å². The Hall–Kier alpha value is -3.70. The van der Waals surface area contributed by atoms with Crippen LogP contribution in [-0.2, 0) is 6.54 Å². The first kappa shape index (κ1) is 23.5. The zero-order valence-corrected chi connectivity index (χ0v) is 19.8. The van der Waals surface area contributed by atoms with Gasteiger partial charge in [-0.15, -0.1) is 0 Å². The van der Waals surface area contributed by atoms with E-state index < -0.39 is 0 Å². The van der Waals surface area contributed by atoms with E-state index in [2.05, 4.69) is 12.2 Å². The molecule has 0 saturated heterocycles. The van der Waals surface area contributed by atoms with E-state index in [0.717, 1.165) is 24.0 Å². The molecule has 1 amide bonds. The van der Waals surface area contributed by atoms with Crippen LogP contribution in [0.4, 0.5) is 0 Å². The lowest BCUT2D eigenvalue weighted by Gasteiger charge is -2.18. The summed E-state index contributed by atoms with van der Waals surface area (Å²) in [5.41, 5.74) is 3.04. The Bertz CT molecular complexity index is 1320. The normalized spacial score (nSPS) is 10.8. The molecule has 1 N–H and O–H groups in total. The predicted octanol–water partition coefficient (Wildman–Crippen LogP) is 5.81. The number of benzene rings is 3. The first-order valence-electron chi connectivity index (χ1n) is 11.4. The minimum absolute atomic E-state index is 0.217. The lowest BCUT2D eigenvalue weighted by molar-refractivity contribution is 0.0943. The van der Waals surface area contributed by atoms with Crippen LogP contribution in [0.25, 0.3) is 22.5 Å². The van der Waals surface area contributed by atoms with Crippen molar-refractivity contribution >= 4 is 17.5 Å². The van der Waals surface area contributed by atoms with Gasteiger partial charge in [-0.3, -0.25) is 14.2 Å². The minimum Gasteiger partial charge on any atom is -0.351 e. The number of halogens is 1. The van der Waals surface area contributed by atoms with Gasteiger partial charge in [0.25, 0.3) is 11.5 Å². The molecule has 0 aliphatic carbocycles. The molecule has 0 saturated carbocycles. The molecule has 0 bridgehead atoms. The molecule has 0 unspecified atom stereocenters. The van der Waals surface area contributed by atoms with Crippen LogP contribution >= 0.6 is 11.6 Å². The molecule has 0 fully saturated rings. The second-order valence-corrected chi connectivity index (χ2v) is 8.45. The van der Waals surface area contributed by atoms with Crippen molar-refractivity contribution in [2.45, 2.75) is 26.3 Å². The van der Waals surface area contributed by atoms with Crippen molar-refractivity contribution in [3.05, 3.63) is 112 Å². The Morgan fingerprint density at radius 1 is 0.882 bits per heavy atom. The molecule has 4 aromatic rings. The molecule has 0 aliphatic rings. The second-order valence-electron chi connectivity index (χ2n) is 8.02. The third-order valence-electron chi connectivity index (χ3n) is 5.54. The van der Waals surface area contributed by atoms with Crippen molar-refractivity contribution in [2.24, 2.45) is 0 Å². The minimum atomic E-state index is -0.318. The van der Waals surface area contributed by atoms with Crippen molar-refractivity contribution in [1.82, 2.24) is 14.9 Å². The Labute approximate surface area is 204 Å². The summed E-state index contributed by atoms with van der Waals surface area (Å²) in [6, 6.07) is 26.1. The zero-order chi connectivity index (χ0) is 23.9. The third kappa shape index (κ3) is 5.26. The highest BCUT2D eigenvalue weighted by Crippen LogP contribution is 2.25. The molecule has 5 nitrogen and oxygen atoms in total. The summed E-state index contributed by atoms with van der Waals surface area (Å²) in [5.74, 6) is -0.314. The molecule has 1 heterocycles. The van der Waals surface area contributed by atoms with Crippen LogP contribution in [0.1, 0.15) is 35.8 Å². The lowest BCUT2D eigenvalue weighted by atomic mass is 10.1. The number of amides is 1. The summed E-state index contributed by atoms with van der Waals surface area (Å²) >= 11 is 6.07. The van der Waals surface area contributed by atoms with Crippen LogP contribution < -0.4 is 10.9 Å². The van der Waals surface area contributed by atoms with E-state index in [1.807, 2.05) is 72.8 Å². The van der Waals surface area contributed by atoms with Gasteiger partial charge in [0.2, 0.25) is 0 Å². The van der Waals surface area contributed by atoms with Gasteiger partial charge >= 0.3 is 0 Å². The third-order valence-corrected chi connectivity index (χ3v) is 5.80. The number of hydrogen-bond acceptors (Lipinski definition) is 3. The molecule has 1 aromatic heterocycles. The van der Waals surface area contributed by atoms with Gasteiger partial charge in [0.05, 0.1) is 6.54 Å². The molecule has 172 valence electrons. The smallest absolute Gasteiger partial charge is 0.278 e. The maximum Gasteiger partial charge on any atom is 0.278 e. The number of hydrogen-bond donors (Lipinski definition) is 1. The summed E-state index contributed by atoms with van der Waals surface area (Å²) in [7, 11) is 0. The van der Waals surface area contributed by atoms with E-state index in [-0.39, 0.29) is 23.7 Å². The van der Waals surface area contributed by atoms with E-state index in [9.17, 15) is 9.59 Å². The quantitative estimate of drug-likeness (QED) is 0.330. The fraction of sp³-hybridized carbons (Fsp3) is 0.179. The zero-order valence-electron chi connectivity index (χ0n) is 19.0. The van der Waals surface area contributed by atoms with Gasteiger partial charge in [-0.1, -0.05) is 97.7 Å². The Balaban J connectivity index is 1.97. The number of nitrogens with zero attached hydrogens (tertiary/aromatic N) is 2. The number of nitrogens with one attached hydrogen (secondary N) is 1. The topological polar surface area (TPSA) is 64.0 Å². The largest absolute Gasteiger partial charge is 0.351 e. The predicted molar refractivity (Wildman–Crippen MR) is 137 cm³/mol. The first-order valence-corrected chi connectivity index (χ1v) is 11.7. The average Bonchev–Trinajstić information content (AvgIpc) is 2.87. The van der Waals surface area contributed by atoms with Crippen LogP contribution in [0.5, 0.6) is 0 Å². The van der Waals surface area contributed by atoms with Crippen molar-refractivity contribution in [3.8, 4) is 22.5 Å². The van der Waals surface area contributed by atoms with Crippen LogP contribution in [-0.4, -0.2) is 22.0 Å². The van der Waals surface area contributed by atoms with E-state index in [0.29, 0.717) is 28.5 Å². The number of unbranched alkanes of at least 4 members (excludes halogenated alkanes) is 1. The van der Waals surface area contributed by atoms with E-state index >= 15 is 0 Å². The molecule has 34 heavy (non-hydrogen) atoms. The number of aromatic nitrogens is 2. The summed E-state index contributed by atoms with van der Waals surface area (Å²) in [6.45, 7) is 2.81. The Morgan fingerprint density at radius 2 is 1.47 bits per heavy atom. The Morgan fingerprint density at radius 3 is 2.06 bits per heavy atom. The van der Waals surface area contributed by atoms with Crippen molar-refractivity contribution < 1.29 is 4.79 Å². The summed E-state index contributed by atoms with van der Waals surface area (Å²) in [6.07, 6.45) is 1.80. The lowest BCUT2D eigenvalue weighted by Crippen LogP contribution is -2.35. The highest BCUT2D eigenvalue weighted by atomic mass is 35.5. The van der Waals surface area contributed by atoms with Crippen LogP contribution in [0.2, 0.25) is 5.02 Å². The van der Waals surface area contributed by atoms with Crippen molar-refractivity contribution in [2.75, 3.05) is 6.54 Å². The van der Waals surface area contributed by atoms with Gasteiger partial charge in [0.15, 0.2) is 0 Å². The van der Waals surface area contributed by atoms with Gasteiger partial charge in [-0.2, -0.15) is 0 Å². The van der Waals surface area contributed by atoms with Gasteiger partial charge in [0.1, 0.15) is 17.1 Å². The molecule has 0 atom stereocenters. The van der Waals surface area contributed by atoms with Crippen LogP contribution in [0, 0.1) is 0 Å². The van der Waals surface area contributed by atoms with Gasteiger partial charge in [-0.05, 0) is 24.1 Å². The molecule has 0 radical (unpaired) electrons. The average molecular weight is 472 g/mol. The van der Waals surface area contributed by atoms with E-state index in [1.165, 1.54) is 4.57 Å². The van der Waals surface area contributed by atoms with Crippen molar-refractivity contribution in [3.63, 3.8) is 0 Å². The molecule has 0 aliphatic heterocycles. The standard InChI is InChI=1S/C28H26ClN3O2/c1-2-3-18-30-27(33)26-24(21-10-6-4-7-11-21)31-25(22-12-8-5-9-13-22)28(34)32(26)19-20-14-16-23(29)17-15-20/h4-17H,2-3,18-19H2,1H3,(H,30,33). The molecule has 3 aromatic carbocycles. The molecular weight excluding hydrogens is 446 g/mol. The van der Waals surface area contributed by atoms with Crippen molar-refractivity contribution in [1.29, 1.82) is 0 Å². The van der Waals surface area contributed by atoms with Gasteiger partial charge in [0, 0.05) is 22.7 Å². The van der Waals surface area contributed by atoms with Gasteiger partial charge in [-0.25, -0.2) is 4.98 Å². The summed E-state index contributed by atoms with van der Waals surface area (Å²) in [4.78, 5) is 32.0. The number of carbonyl (C=O) groups is 1. The first-order chi connectivity index (χ1) is 16.6. The highest BCUT2D eigenvalue weighted by molar-refractivity contribution is 6.30. The second kappa shape index (κ2) is 10.9. The molecule has 6 heteroatoms. The summed E-state index contributed by atoms with van der Waals surface area (Å²) < 4.78 is 1.53. The van der Waals surface area contributed by atoms with Gasteiger partial charge < -0.3 is 5.32 Å². The number of rotatable bonds is 8. The monoisotopic (exact) mass is 471 g/mol. The SMILES string of the molecule is CCCCNC(=O)c1c(-c2ccccc2)nc(-c2ccccc2)c(=O)n1Cc1ccc(Cl)cc1. The highest BCUT2D eigenvalue weighted by Gasteiger charge is 2.24. The number of carbonyl (C=O) groups excluding carboxylic acids is 1. The van der Waals surface area contributed by atoms with E-state index in [1.54, 1.807) is 12.1 Å². The fourth-order valence-electron chi connectivity index (χ4n) is 3.77. The molecule has 4 rings (SSSR count). The molecular formula is C28H26ClN3O2. The molecule has 0 spiro atoms. The Kier molecular flexibility index (Phi) is 7.55. The fourth-order valence-corrected chi connectivity index (χ4v) is 3.89.